The number of nitrogen functional groups attached to an aromatic ring is 1. The van der Waals surface area contributed by atoms with Gasteiger partial charge >= 0.3 is 0 Å². The SMILES string of the molecule is Nn1c(SCC(=O)N(C2CCCC2)C2CCS(=O)(=O)C2)nnc1-c1ccccc1Cl. The molecular weight excluding hydrogens is 446 g/mol. The minimum atomic E-state index is -3.07. The van der Waals surface area contributed by atoms with Crippen LogP contribution in [-0.4, -0.2) is 63.4 Å². The van der Waals surface area contributed by atoms with Crippen LogP contribution in [0.1, 0.15) is 32.1 Å². The van der Waals surface area contributed by atoms with Gasteiger partial charge < -0.3 is 10.7 Å². The third-order valence-corrected chi connectivity index (χ3v) is 8.72. The highest BCUT2D eigenvalue weighted by atomic mass is 35.5. The van der Waals surface area contributed by atoms with Gasteiger partial charge in [0, 0.05) is 17.6 Å². The summed E-state index contributed by atoms with van der Waals surface area (Å²) in [6.45, 7) is 0. The molecule has 2 aliphatic rings. The topological polar surface area (TPSA) is 111 Å². The van der Waals surface area contributed by atoms with Gasteiger partial charge in [-0.15, -0.1) is 10.2 Å². The fourth-order valence-electron chi connectivity index (χ4n) is 4.29. The fourth-order valence-corrected chi connectivity index (χ4v) is 6.94. The van der Waals surface area contributed by atoms with Crippen molar-refractivity contribution in [2.45, 2.75) is 49.3 Å². The molecule has 1 aromatic heterocycles. The van der Waals surface area contributed by atoms with Crippen LogP contribution in [0.15, 0.2) is 29.4 Å². The average molecular weight is 470 g/mol. The average Bonchev–Trinajstić information content (AvgIpc) is 3.43. The van der Waals surface area contributed by atoms with Gasteiger partial charge in [0.1, 0.15) is 0 Å². The van der Waals surface area contributed by atoms with Crippen LogP contribution in [0.25, 0.3) is 11.4 Å². The van der Waals surface area contributed by atoms with Gasteiger partial charge in [0.15, 0.2) is 15.7 Å². The van der Waals surface area contributed by atoms with Crippen LogP contribution in [0.2, 0.25) is 5.02 Å². The molecule has 1 unspecified atom stereocenters. The second kappa shape index (κ2) is 8.76. The van der Waals surface area contributed by atoms with E-state index >= 15 is 0 Å². The van der Waals surface area contributed by atoms with E-state index in [2.05, 4.69) is 10.2 Å². The van der Waals surface area contributed by atoms with Crippen LogP contribution in [-0.2, 0) is 14.6 Å². The monoisotopic (exact) mass is 469 g/mol. The van der Waals surface area contributed by atoms with Crippen molar-refractivity contribution < 1.29 is 13.2 Å². The largest absolute Gasteiger partial charge is 0.335 e. The van der Waals surface area contributed by atoms with Gasteiger partial charge in [-0.2, -0.15) is 0 Å². The second-order valence-corrected chi connectivity index (χ2v) is 11.3. The molecule has 162 valence electrons. The Kier molecular flexibility index (Phi) is 6.26. The lowest BCUT2D eigenvalue weighted by Gasteiger charge is -2.34. The van der Waals surface area contributed by atoms with Crippen molar-refractivity contribution in [1.29, 1.82) is 0 Å². The van der Waals surface area contributed by atoms with Crippen LogP contribution < -0.4 is 5.84 Å². The van der Waals surface area contributed by atoms with Gasteiger partial charge in [-0.3, -0.25) is 4.79 Å². The minimum absolute atomic E-state index is 0.0592. The molecule has 1 atom stereocenters. The Labute approximate surface area is 185 Å². The van der Waals surface area contributed by atoms with Crippen LogP contribution in [0, 0.1) is 0 Å². The molecule has 0 bridgehead atoms. The predicted molar refractivity (Wildman–Crippen MR) is 118 cm³/mol. The van der Waals surface area contributed by atoms with Gasteiger partial charge in [0.05, 0.1) is 22.3 Å². The summed E-state index contributed by atoms with van der Waals surface area (Å²) in [5, 5.41) is 9.15. The summed E-state index contributed by atoms with van der Waals surface area (Å²) in [6, 6.07) is 7.08. The van der Waals surface area contributed by atoms with Gasteiger partial charge in [0.25, 0.3) is 0 Å². The highest BCUT2D eigenvalue weighted by molar-refractivity contribution is 7.99. The van der Waals surface area contributed by atoms with E-state index in [9.17, 15) is 13.2 Å². The van der Waals surface area contributed by atoms with E-state index in [1.165, 1.54) is 16.4 Å². The highest BCUT2D eigenvalue weighted by Crippen LogP contribution is 2.31. The maximum atomic E-state index is 13.1. The molecule has 1 aliphatic heterocycles. The van der Waals surface area contributed by atoms with E-state index in [0.29, 0.717) is 28.0 Å². The second-order valence-electron chi connectivity index (χ2n) is 7.74. The molecule has 8 nitrogen and oxygen atoms in total. The van der Waals surface area contributed by atoms with E-state index in [1.807, 2.05) is 17.0 Å². The molecule has 2 aromatic rings. The molecule has 1 aliphatic carbocycles. The molecule has 1 saturated carbocycles. The zero-order valence-corrected chi connectivity index (χ0v) is 18.8. The molecule has 2 fully saturated rings. The Morgan fingerprint density at radius 1 is 1.20 bits per heavy atom. The Balaban J connectivity index is 1.48. The van der Waals surface area contributed by atoms with E-state index < -0.39 is 9.84 Å². The van der Waals surface area contributed by atoms with Crippen molar-refractivity contribution in [1.82, 2.24) is 19.8 Å². The third-order valence-electron chi connectivity index (χ3n) is 5.71. The van der Waals surface area contributed by atoms with Crippen LogP contribution in [0.3, 0.4) is 0 Å². The van der Waals surface area contributed by atoms with Crippen molar-refractivity contribution in [2.75, 3.05) is 23.1 Å². The first-order chi connectivity index (χ1) is 14.4. The molecule has 1 aromatic carbocycles. The molecule has 11 heteroatoms. The molecule has 4 rings (SSSR count). The first kappa shape index (κ1) is 21.5. The predicted octanol–water partition coefficient (Wildman–Crippen LogP) is 2.36. The molecule has 2 N–H and O–H groups in total. The molecule has 1 amide bonds. The minimum Gasteiger partial charge on any atom is -0.335 e. The number of hydrogen-bond donors (Lipinski definition) is 1. The number of thioether (sulfide) groups is 1. The third kappa shape index (κ3) is 4.45. The smallest absolute Gasteiger partial charge is 0.233 e. The first-order valence-electron chi connectivity index (χ1n) is 9.95. The van der Waals surface area contributed by atoms with E-state index in [4.69, 9.17) is 17.4 Å². The van der Waals surface area contributed by atoms with Crippen molar-refractivity contribution in [3.63, 3.8) is 0 Å². The van der Waals surface area contributed by atoms with Crippen molar-refractivity contribution in [3.05, 3.63) is 29.3 Å². The molecule has 0 spiro atoms. The summed E-state index contributed by atoms with van der Waals surface area (Å²) in [5.74, 6) is 6.84. The number of rotatable bonds is 6. The Hall–Kier alpha value is -1.78. The van der Waals surface area contributed by atoms with Gasteiger partial charge in [-0.05, 0) is 31.4 Å². The van der Waals surface area contributed by atoms with Crippen LogP contribution in [0.5, 0.6) is 0 Å². The highest BCUT2D eigenvalue weighted by Gasteiger charge is 2.39. The zero-order chi connectivity index (χ0) is 21.3. The number of nitrogens with zero attached hydrogens (tertiary/aromatic N) is 4. The lowest BCUT2D eigenvalue weighted by atomic mass is 10.1. The Bertz CT molecular complexity index is 1040. The maximum absolute atomic E-state index is 13.1. The first-order valence-corrected chi connectivity index (χ1v) is 13.1. The fraction of sp³-hybridized carbons (Fsp3) is 0.526. The number of sulfone groups is 1. The summed E-state index contributed by atoms with van der Waals surface area (Å²) < 4.78 is 25.3. The summed E-state index contributed by atoms with van der Waals surface area (Å²) in [4.78, 5) is 15.0. The molecule has 2 heterocycles. The molecule has 0 radical (unpaired) electrons. The van der Waals surface area contributed by atoms with Gasteiger partial charge in [-0.25, -0.2) is 13.1 Å². The zero-order valence-electron chi connectivity index (χ0n) is 16.4. The van der Waals surface area contributed by atoms with Crippen molar-refractivity contribution >= 4 is 39.1 Å². The summed E-state index contributed by atoms with van der Waals surface area (Å²) in [7, 11) is -3.07. The number of amides is 1. The number of hydrogen-bond acceptors (Lipinski definition) is 7. The lowest BCUT2D eigenvalue weighted by molar-refractivity contribution is -0.132. The van der Waals surface area contributed by atoms with Gasteiger partial charge in [0.2, 0.25) is 11.1 Å². The van der Waals surface area contributed by atoms with Crippen LogP contribution >= 0.6 is 23.4 Å². The van der Waals surface area contributed by atoms with Crippen LogP contribution in [0.4, 0.5) is 0 Å². The van der Waals surface area contributed by atoms with E-state index in [-0.39, 0.29) is 35.2 Å². The number of carbonyl (C=O) groups excluding carboxylic acids is 1. The quantitative estimate of drug-likeness (QED) is 0.510. The number of aromatic nitrogens is 3. The van der Waals surface area contributed by atoms with Crippen molar-refractivity contribution in [2.24, 2.45) is 0 Å². The lowest BCUT2D eigenvalue weighted by Crippen LogP contribution is -2.47. The normalized spacial score (nSPS) is 21.2. The molecule has 30 heavy (non-hydrogen) atoms. The number of carbonyl (C=O) groups is 1. The maximum Gasteiger partial charge on any atom is 0.233 e. The summed E-state index contributed by atoms with van der Waals surface area (Å²) >= 11 is 7.43. The summed E-state index contributed by atoms with van der Waals surface area (Å²) in [5.41, 5.74) is 0.663. The summed E-state index contributed by atoms with van der Waals surface area (Å²) in [6.07, 6.45) is 4.51. The van der Waals surface area contributed by atoms with Gasteiger partial charge in [-0.1, -0.05) is 48.3 Å². The number of halogens is 1. The van der Waals surface area contributed by atoms with Crippen molar-refractivity contribution in [3.8, 4) is 11.4 Å². The standard InChI is InChI=1S/C19H24ClN5O3S2/c20-16-8-4-3-7-15(16)18-22-23-19(25(18)21)29-11-17(26)24(13-5-1-2-6-13)14-9-10-30(27,28)12-14/h3-4,7-8,13-14H,1-2,5-6,9-12,21H2. The Morgan fingerprint density at radius 3 is 2.60 bits per heavy atom. The molecule has 1 saturated heterocycles. The number of benzene rings is 1. The number of nitrogens with two attached hydrogens (primary N) is 1. The van der Waals surface area contributed by atoms with E-state index in [1.54, 1.807) is 12.1 Å². The molecular formula is C19H24ClN5O3S2. The van der Waals surface area contributed by atoms with E-state index in [0.717, 1.165) is 25.7 Å². The Morgan fingerprint density at radius 2 is 1.93 bits per heavy atom.